The van der Waals surface area contributed by atoms with Gasteiger partial charge in [0, 0.05) is 28.8 Å². The second-order valence-electron chi connectivity index (χ2n) is 7.44. The molecule has 0 saturated heterocycles. The largest absolute Gasteiger partial charge is 0.372 e. The van der Waals surface area contributed by atoms with E-state index in [2.05, 4.69) is 10.2 Å². The highest BCUT2D eigenvalue weighted by molar-refractivity contribution is 6.26. The van der Waals surface area contributed by atoms with Crippen LogP contribution < -0.4 is 10.2 Å². The van der Waals surface area contributed by atoms with E-state index in [-0.39, 0.29) is 30.4 Å². The minimum absolute atomic E-state index is 0.153. The third-order valence-corrected chi connectivity index (χ3v) is 5.62. The number of fused-ring (bicyclic) bond motifs is 1. The molecule has 7 heteroatoms. The van der Waals surface area contributed by atoms with Crippen LogP contribution in [0.2, 0.25) is 0 Å². The summed E-state index contributed by atoms with van der Waals surface area (Å²) in [5.41, 5.74) is 2.67. The lowest BCUT2D eigenvalue weighted by Gasteiger charge is -2.23. The third-order valence-electron chi connectivity index (χ3n) is 5.38. The van der Waals surface area contributed by atoms with E-state index in [1.165, 1.54) is 0 Å². The number of hydrogen-bond donors (Lipinski definition) is 2. The Hall–Kier alpha value is -2.80. The number of carbonyl (C=O) groups is 3. The third kappa shape index (κ3) is 5.28. The molecule has 2 atom stereocenters. The summed E-state index contributed by atoms with van der Waals surface area (Å²) in [5, 5.41) is 2.78. The van der Waals surface area contributed by atoms with Crippen molar-refractivity contribution >= 4 is 29.3 Å². The highest BCUT2D eigenvalue weighted by Gasteiger charge is 2.30. The Labute approximate surface area is 186 Å². The molecule has 1 amide bonds. The normalized spacial score (nSPS) is 15.5. The molecule has 0 aromatic heterocycles. The first kappa shape index (κ1) is 22.9. The molecule has 2 aromatic carbocycles. The zero-order valence-corrected chi connectivity index (χ0v) is 18.2. The standard InChI is InChI=1S/C24H25ClN2O4/c1-15-18(23(29)20-11-7-6-10-19(20)22(15)28)12-13-26-24(30)21(27-25)16(2)31-14-17-8-4-3-5-9-17/h3-11,16,21,27H,12-14H2,1-2H3,(H,26,30)/t16?,21-/m1/s1. The molecule has 0 saturated carbocycles. The minimum atomic E-state index is -0.773. The van der Waals surface area contributed by atoms with Gasteiger partial charge < -0.3 is 10.1 Å². The van der Waals surface area contributed by atoms with Gasteiger partial charge in [-0.25, -0.2) is 4.84 Å². The molecule has 0 heterocycles. The Morgan fingerprint density at radius 3 is 2.26 bits per heavy atom. The monoisotopic (exact) mass is 440 g/mol. The van der Waals surface area contributed by atoms with Gasteiger partial charge in [0.25, 0.3) is 0 Å². The molecular weight excluding hydrogens is 416 g/mol. The minimum Gasteiger partial charge on any atom is -0.372 e. The molecule has 0 spiro atoms. The molecule has 162 valence electrons. The maximum Gasteiger partial charge on any atom is 0.241 e. The van der Waals surface area contributed by atoms with Gasteiger partial charge in [-0.05, 0) is 37.6 Å². The first-order valence-corrected chi connectivity index (χ1v) is 10.5. The van der Waals surface area contributed by atoms with E-state index in [9.17, 15) is 14.4 Å². The van der Waals surface area contributed by atoms with Crippen molar-refractivity contribution in [2.45, 2.75) is 39.0 Å². The summed E-state index contributed by atoms with van der Waals surface area (Å²) in [5.74, 6) is -0.669. The lowest BCUT2D eigenvalue weighted by molar-refractivity contribution is -0.126. The van der Waals surface area contributed by atoms with E-state index in [1.54, 1.807) is 38.1 Å². The van der Waals surface area contributed by atoms with Crippen LogP contribution in [0.1, 0.15) is 46.5 Å². The van der Waals surface area contributed by atoms with Crippen LogP contribution in [0.3, 0.4) is 0 Å². The van der Waals surface area contributed by atoms with Crippen molar-refractivity contribution in [1.29, 1.82) is 0 Å². The predicted molar refractivity (Wildman–Crippen MR) is 119 cm³/mol. The number of ether oxygens (including phenoxy) is 1. The molecule has 31 heavy (non-hydrogen) atoms. The molecule has 0 bridgehead atoms. The first-order valence-electron chi connectivity index (χ1n) is 10.1. The van der Waals surface area contributed by atoms with Gasteiger partial charge in [0.2, 0.25) is 5.91 Å². The van der Waals surface area contributed by atoms with Gasteiger partial charge in [0.15, 0.2) is 11.6 Å². The van der Waals surface area contributed by atoms with Gasteiger partial charge in [-0.2, -0.15) is 0 Å². The SMILES string of the molecule is CC1=C(CCNC(=O)[C@H](NCl)C(C)OCc2ccccc2)C(=O)c2ccccc2C1=O. The zero-order chi connectivity index (χ0) is 22.4. The van der Waals surface area contributed by atoms with Crippen LogP contribution in [0.15, 0.2) is 65.7 Å². The van der Waals surface area contributed by atoms with E-state index in [1.807, 2.05) is 30.3 Å². The molecule has 1 unspecified atom stereocenters. The maximum atomic E-state index is 12.8. The summed E-state index contributed by atoms with van der Waals surface area (Å²) in [6.45, 7) is 3.96. The summed E-state index contributed by atoms with van der Waals surface area (Å²) < 4.78 is 5.77. The second-order valence-corrected chi connectivity index (χ2v) is 7.66. The number of ketones is 2. The Morgan fingerprint density at radius 1 is 1.00 bits per heavy atom. The van der Waals surface area contributed by atoms with Crippen molar-refractivity contribution < 1.29 is 19.1 Å². The fourth-order valence-electron chi connectivity index (χ4n) is 3.52. The Morgan fingerprint density at radius 2 is 1.61 bits per heavy atom. The summed E-state index contributed by atoms with van der Waals surface area (Å²) >= 11 is 5.79. The van der Waals surface area contributed by atoms with Crippen LogP contribution in [-0.2, 0) is 16.1 Å². The van der Waals surface area contributed by atoms with Gasteiger partial charge in [0.05, 0.1) is 12.7 Å². The fraction of sp³-hybridized carbons (Fsp3) is 0.292. The summed E-state index contributed by atoms with van der Waals surface area (Å²) in [6.07, 6.45) is -0.228. The van der Waals surface area contributed by atoms with Gasteiger partial charge in [-0.15, -0.1) is 0 Å². The van der Waals surface area contributed by atoms with Crippen molar-refractivity contribution in [1.82, 2.24) is 10.2 Å². The predicted octanol–water partition coefficient (Wildman–Crippen LogP) is 3.61. The highest BCUT2D eigenvalue weighted by Crippen LogP contribution is 2.27. The molecule has 2 aromatic rings. The van der Waals surface area contributed by atoms with Gasteiger partial charge in [-0.1, -0.05) is 54.6 Å². The number of halogens is 1. The summed E-state index contributed by atoms with van der Waals surface area (Å²) in [7, 11) is 0. The number of carbonyl (C=O) groups excluding carboxylic acids is 3. The molecule has 3 rings (SSSR count). The summed E-state index contributed by atoms with van der Waals surface area (Å²) in [6, 6.07) is 15.6. The number of rotatable bonds is 9. The Bertz CT molecular complexity index is 1000. The zero-order valence-electron chi connectivity index (χ0n) is 17.5. The highest BCUT2D eigenvalue weighted by atomic mass is 35.5. The van der Waals surface area contributed by atoms with Crippen molar-refractivity contribution in [3.8, 4) is 0 Å². The quantitative estimate of drug-likeness (QED) is 0.582. The lowest BCUT2D eigenvalue weighted by atomic mass is 9.83. The van der Waals surface area contributed by atoms with E-state index < -0.39 is 12.1 Å². The van der Waals surface area contributed by atoms with Crippen molar-refractivity contribution in [2.75, 3.05) is 6.54 Å². The number of amides is 1. The van der Waals surface area contributed by atoms with Crippen LogP contribution in [-0.4, -0.2) is 36.2 Å². The Balaban J connectivity index is 1.56. The molecule has 6 nitrogen and oxygen atoms in total. The van der Waals surface area contributed by atoms with E-state index >= 15 is 0 Å². The van der Waals surface area contributed by atoms with E-state index in [0.29, 0.717) is 28.9 Å². The topological polar surface area (TPSA) is 84.5 Å². The number of nitrogens with one attached hydrogen (secondary N) is 2. The lowest BCUT2D eigenvalue weighted by Crippen LogP contribution is -2.48. The number of hydrogen-bond acceptors (Lipinski definition) is 5. The van der Waals surface area contributed by atoms with Crippen molar-refractivity contribution in [3.63, 3.8) is 0 Å². The smallest absolute Gasteiger partial charge is 0.241 e. The maximum absolute atomic E-state index is 12.8. The average molecular weight is 441 g/mol. The summed E-state index contributed by atoms with van der Waals surface area (Å²) in [4.78, 5) is 40.4. The molecule has 2 N–H and O–H groups in total. The molecule has 0 radical (unpaired) electrons. The number of benzene rings is 2. The van der Waals surface area contributed by atoms with E-state index in [4.69, 9.17) is 16.5 Å². The fourth-order valence-corrected chi connectivity index (χ4v) is 3.80. The molecule has 0 fully saturated rings. The van der Waals surface area contributed by atoms with Gasteiger partial charge in [0.1, 0.15) is 6.04 Å². The number of allylic oxidation sites excluding steroid dienone is 1. The van der Waals surface area contributed by atoms with Gasteiger partial charge in [-0.3, -0.25) is 14.4 Å². The van der Waals surface area contributed by atoms with Crippen LogP contribution in [0.4, 0.5) is 0 Å². The molecule has 1 aliphatic carbocycles. The van der Waals surface area contributed by atoms with Crippen molar-refractivity contribution in [2.24, 2.45) is 0 Å². The molecular formula is C24H25ClN2O4. The molecule has 1 aliphatic rings. The Kier molecular flexibility index (Phi) is 7.74. The second kappa shape index (κ2) is 10.5. The van der Waals surface area contributed by atoms with Crippen molar-refractivity contribution in [3.05, 3.63) is 82.4 Å². The number of Topliss-reactive ketones (excluding diaryl/α,β-unsaturated/α-hetero) is 2. The van der Waals surface area contributed by atoms with Crippen LogP contribution in [0.5, 0.6) is 0 Å². The van der Waals surface area contributed by atoms with Crippen LogP contribution in [0, 0.1) is 0 Å². The van der Waals surface area contributed by atoms with Crippen LogP contribution >= 0.6 is 11.8 Å². The van der Waals surface area contributed by atoms with E-state index in [0.717, 1.165) is 5.56 Å². The average Bonchev–Trinajstić information content (AvgIpc) is 2.79. The van der Waals surface area contributed by atoms with Crippen LogP contribution in [0.25, 0.3) is 0 Å². The molecule has 0 aliphatic heterocycles. The van der Waals surface area contributed by atoms with Gasteiger partial charge >= 0.3 is 0 Å². The first-order chi connectivity index (χ1) is 14.9.